The minimum Gasteiger partial charge on any atom is -0.463 e. The smallest absolute Gasteiger partial charge is 0.463 e. The van der Waals surface area contributed by atoms with Gasteiger partial charge < -0.3 is 32.4 Å². The van der Waals surface area contributed by atoms with E-state index in [1.807, 2.05) is 77.9 Å². The third-order valence-electron chi connectivity index (χ3n) is 9.28. The molecular weight excluding hydrogens is 749 g/mol. The van der Waals surface area contributed by atoms with Crippen molar-refractivity contribution in [2.24, 2.45) is 0 Å². The molecule has 55 heavy (non-hydrogen) atoms. The standard InChI is InChI=1S/C21H18F2O4S.C20H25BO5S/c1-13-16(11-19(26-13)20(24)25-2)12-28-18-9-5-15(6-10-18)14-3-7-17(8-4-14)27-21(22)23;1-13-14(11-17(24-13)18(22)23-6)12-27-16-9-7-15(8-10-16)21-25-19(2,3)20(4,5)26-21/h3-11,21H,12H2,1-2H3;7-11H,12H2,1-6H3. The molecule has 14 heteroatoms. The summed E-state index contributed by atoms with van der Waals surface area (Å²) in [6.45, 7) is 9.03. The molecule has 3 heterocycles. The molecule has 0 atom stereocenters. The minimum atomic E-state index is -2.83. The largest absolute Gasteiger partial charge is 0.494 e. The molecule has 0 unspecified atom stereocenters. The van der Waals surface area contributed by atoms with E-state index in [1.54, 1.807) is 47.8 Å². The maximum atomic E-state index is 12.2. The highest BCUT2D eigenvalue weighted by Crippen LogP contribution is 2.37. The van der Waals surface area contributed by atoms with Crippen LogP contribution in [0.5, 0.6) is 5.75 Å². The number of ether oxygens (including phenoxy) is 3. The molecule has 1 saturated heterocycles. The lowest BCUT2D eigenvalue weighted by Crippen LogP contribution is -2.41. The summed E-state index contributed by atoms with van der Waals surface area (Å²) in [6.07, 6.45) is 0. The van der Waals surface area contributed by atoms with Gasteiger partial charge in [0.1, 0.15) is 17.3 Å². The summed E-state index contributed by atoms with van der Waals surface area (Å²) in [7, 11) is 2.30. The van der Waals surface area contributed by atoms with Gasteiger partial charge in [0.05, 0.1) is 25.4 Å². The zero-order valence-corrected chi connectivity index (χ0v) is 33.5. The lowest BCUT2D eigenvalue weighted by molar-refractivity contribution is -0.0498. The monoisotopic (exact) mass is 792 g/mol. The Morgan fingerprint density at radius 2 is 1.07 bits per heavy atom. The third-order valence-corrected chi connectivity index (χ3v) is 11.4. The summed E-state index contributed by atoms with van der Waals surface area (Å²) in [5, 5.41) is 0. The van der Waals surface area contributed by atoms with Crippen molar-refractivity contribution in [3.8, 4) is 16.9 Å². The second kappa shape index (κ2) is 18.0. The first-order valence-corrected chi connectivity index (χ1v) is 19.3. The Bertz CT molecular complexity index is 2040. The van der Waals surface area contributed by atoms with Crippen LogP contribution < -0.4 is 10.2 Å². The van der Waals surface area contributed by atoms with Gasteiger partial charge in [-0.05, 0) is 107 Å². The molecule has 0 aliphatic carbocycles. The van der Waals surface area contributed by atoms with E-state index in [2.05, 4.69) is 21.6 Å². The van der Waals surface area contributed by atoms with Crippen molar-refractivity contribution in [1.82, 2.24) is 0 Å². The molecule has 0 spiro atoms. The molecule has 0 radical (unpaired) electrons. The van der Waals surface area contributed by atoms with Crippen LogP contribution in [0.3, 0.4) is 0 Å². The molecule has 0 N–H and O–H groups in total. The van der Waals surface area contributed by atoms with E-state index in [0.717, 1.165) is 43.3 Å². The van der Waals surface area contributed by atoms with Crippen molar-refractivity contribution in [3.63, 3.8) is 0 Å². The quantitative estimate of drug-likeness (QED) is 0.0685. The zero-order valence-electron chi connectivity index (χ0n) is 31.9. The van der Waals surface area contributed by atoms with Crippen molar-refractivity contribution in [1.29, 1.82) is 0 Å². The van der Waals surface area contributed by atoms with Gasteiger partial charge in [0.2, 0.25) is 11.5 Å². The van der Waals surface area contributed by atoms with Gasteiger partial charge in [0.25, 0.3) is 0 Å². The molecule has 6 rings (SSSR count). The number of hydrogen-bond acceptors (Lipinski definition) is 11. The fourth-order valence-corrected chi connectivity index (χ4v) is 7.20. The Morgan fingerprint density at radius 1 is 0.673 bits per heavy atom. The average Bonchev–Trinajstić information content (AvgIpc) is 3.80. The van der Waals surface area contributed by atoms with Crippen molar-refractivity contribution in [3.05, 3.63) is 119 Å². The number of esters is 2. The van der Waals surface area contributed by atoms with Crippen LogP contribution >= 0.6 is 23.5 Å². The number of rotatable bonds is 12. The number of aryl methyl sites for hydroxylation is 2. The summed E-state index contributed by atoms with van der Waals surface area (Å²) in [5.74, 6) is 2.41. The number of methoxy groups -OCH3 is 2. The second-order valence-electron chi connectivity index (χ2n) is 13.5. The topological polar surface area (TPSA) is 107 Å². The Hall–Kier alpha value is -4.50. The van der Waals surface area contributed by atoms with E-state index in [9.17, 15) is 18.4 Å². The van der Waals surface area contributed by atoms with Crippen molar-refractivity contribution >= 4 is 48.0 Å². The lowest BCUT2D eigenvalue weighted by atomic mass is 9.79. The molecule has 5 aromatic rings. The first-order valence-electron chi connectivity index (χ1n) is 17.3. The number of benzene rings is 3. The molecule has 9 nitrogen and oxygen atoms in total. The van der Waals surface area contributed by atoms with Crippen molar-refractivity contribution in [2.75, 3.05) is 14.2 Å². The molecule has 0 amide bonds. The number of halogens is 2. The van der Waals surface area contributed by atoms with Gasteiger partial charge in [-0.1, -0.05) is 36.4 Å². The van der Waals surface area contributed by atoms with Gasteiger partial charge in [0.15, 0.2) is 0 Å². The van der Waals surface area contributed by atoms with Crippen LogP contribution in [0, 0.1) is 13.8 Å². The Balaban J connectivity index is 0.000000211. The summed E-state index contributed by atoms with van der Waals surface area (Å²) in [5.41, 5.74) is 4.11. The summed E-state index contributed by atoms with van der Waals surface area (Å²) in [6, 6.07) is 26.0. The number of carbonyl (C=O) groups is 2. The van der Waals surface area contributed by atoms with Crippen LogP contribution in [0.2, 0.25) is 0 Å². The van der Waals surface area contributed by atoms with Gasteiger partial charge in [-0.2, -0.15) is 8.78 Å². The second-order valence-corrected chi connectivity index (χ2v) is 15.6. The number of carbonyl (C=O) groups excluding carboxylic acids is 2. The fraction of sp³-hybridized carbons (Fsp3) is 0.317. The molecule has 0 bridgehead atoms. The highest BCUT2D eigenvalue weighted by atomic mass is 32.2. The van der Waals surface area contributed by atoms with Gasteiger partial charge in [0, 0.05) is 32.4 Å². The fourth-order valence-electron chi connectivity index (χ4n) is 5.32. The summed E-state index contributed by atoms with van der Waals surface area (Å²) in [4.78, 5) is 25.3. The van der Waals surface area contributed by atoms with Gasteiger partial charge in [-0.25, -0.2) is 9.59 Å². The van der Waals surface area contributed by atoms with Crippen LogP contribution in [0.15, 0.2) is 104 Å². The Morgan fingerprint density at radius 3 is 1.47 bits per heavy atom. The average molecular weight is 793 g/mol. The Labute approximate surface area is 328 Å². The van der Waals surface area contributed by atoms with E-state index in [4.69, 9.17) is 22.9 Å². The molecule has 2 aromatic heterocycles. The normalized spacial score (nSPS) is 14.3. The van der Waals surface area contributed by atoms with E-state index in [0.29, 0.717) is 17.3 Å². The zero-order chi connectivity index (χ0) is 39.9. The van der Waals surface area contributed by atoms with E-state index < -0.39 is 18.6 Å². The van der Waals surface area contributed by atoms with E-state index in [-0.39, 0.29) is 35.6 Å². The van der Waals surface area contributed by atoms with Gasteiger partial charge in [-0.15, -0.1) is 23.5 Å². The molecule has 290 valence electrons. The maximum absolute atomic E-state index is 12.2. The van der Waals surface area contributed by atoms with Crippen molar-refractivity contribution in [2.45, 2.75) is 80.7 Å². The number of hydrogen-bond donors (Lipinski definition) is 0. The minimum absolute atomic E-state index is 0.132. The summed E-state index contributed by atoms with van der Waals surface area (Å²) < 4.78 is 61.2. The molecule has 1 fully saturated rings. The number of furan rings is 2. The predicted molar refractivity (Wildman–Crippen MR) is 209 cm³/mol. The molecule has 3 aromatic carbocycles. The maximum Gasteiger partial charge on any atom is 0.494 e. The first-order chi connectivity index (χ1) is 26.1. The number of alkyl halides is 2. The molecule has 1 aliphatic heterocycles. The summed E-state index contributed by atoms with van der Waals surface area (Å²) >= 11 is 3.30. The van der Waals surface area contributed by atoms with Crippen molar-refractivity contribution < 1.29 is 50.7 Å². The SMILES string of the molecule is COC(=O)c1cc(CSc2ccc(-c3ccc(OC(F)F)cc3)cc2)c(C)o1.COC(=O)c1cc(CSc2ccc(B3OC(C)(C)C(C)(C)O3)cc2)c(C)o1. The Kier molecular flexibility index (Phi) is 13.6. The molecule has 1 aliphatic rings. The lowest BCUT2D eigenvalue weighted by Gasteiger charge is -2.32. The predicted octanol–water partition coefficient (Wildman–Crippen LogP) is 9.90. The van der Waals surface area contributed by atoms with Gasteiger partial charge in [-0.3, -0.25) is 0 Å². The van der Waals surface area contributed by atoms with Gasteiger partial charge >= 0.3 is 25.7 Å². The third kappa shape index (κ3) is 10.6. The van der Waals surface area contributed by atoms with Crippen LogP contribution in [0.25, 0.3) is 11.1 Å². The van der Waals surface area contributed by atoms with Crippen LogP contribution in [0.4, 0.5) is 8.78 Å². The van der Waals surface area contributed by atoms with E-state index >= 15 is 0 Å². The van der Waals surface area contributed by atoms with Crippen LogP contribution in [0.1, 0.15) is 71.5 Å². The number of thioether (sulfide) groups is 2. The highest BCUT2D eigenvalue weighted by molar-refractivity contribution is 7.98. The van der Waals surface area contributed by atoms with E-state index in [1.165, 1.54) is 26.4 Å². The highest BCUT2D eigenvalue weighted by Gasteiger charge is 2.51. The molecule has 0 saturated carbocycles. The first kappa shape index (κ1) is 41.7. The van der Waals surface area contributed by atoms with Crippen LogP contribution in [-0.2, 0) is 30.3 Å². The van der Waals surface area contributed by atoms with Crippen LogP contribution in [-0.4, -0.2) is 51.1 Å². The molecular formula is C41H43BF2O9S2.